The number of nitrogens with two attached hydrogens (primary N) is 1. The van der Waals surface area contributed by atoms with Gasteiger partial charge in [0.1, 0.15) is 6.23 Å². The molecule has 0 aromatic heterocycles. The summed E-state index contributed by atoms with van der Waals surface area (Å²) in [6.07, 6.45) is 8.11. The second-order valence-electron chi connectivity index (χ2n) is 6.94. The summed E-state index contributed by atoms with van der Waals surface area (Å²) in [7, 11) is 0. The molecule has 3 aliphatic rings. The van der Waals surface area contributed by atoms with Gasteiger partial charge in [0.2, 0.25) is 0 Å². The number of carbonyl (C=O) groups is 1. The highest BCUT2D eigenvalue weighted by molar-refractivity contribution is 5.70. The van der Waals surface area contributed by atoms with Crippen LogP contribution >= 0.6 is 0 Å². The highest BCUT2D eigenvalue weighted by atomic mass is 16.7. The fourth-order valence-electron chi connectivity index (χ4n) is 4.06. The van der Waals surface area contributed by atoms with E-state index < -0.39 is 5.97 Å². The lowest BCUT2D eigenvalue weighted by Crippen LogP contribution is -2.45. The lowest BCUT2D eigenvalue weighted by molar-refractivity contribution is -0.143. The van der Waals surface area contributed by atoms with Crippen LogP contribution in [-0.2, 0) is 9.63 Å². The molecule has 1 saturated heterocycles. The van der Waals surface area contributed by atoms with Gasteiger partial charge >= 0.3 is 5.97 Å². The Morgan fingerprint density at radius 1 is 1.10 bits per heavy atom. The van der Waals surface area contributed by atoms with Gasteiger partial charge in [-0.2, -0.15) is 5.48 Å². The Kier molecular flexibility index (Phi) is 4.78. The molecule has 0 aromatic carbocycles. The second-order valence-corrected chi connectivity index (χ2v) is 6.94. The highest BCUT2D eigenvalue weighted by Crippen LogP contribution is 2.34. The van der Waals surface area contributed by atoms with Gasteiger partial charge in [-0.3, -0.25) is 14.9 Å². The molecule has 2 saturated carbocycles. The van der Waals surface area contributed by atoms with E-state index in [-0.39, 0.29) is 18.3 Å². The van der Waals surface area contributed by atoms with Gasteiger partial charge < -0.3 is 10.8 Å². The van der Waals surface area contributed by atoms with Crippen LogP contribution < -0.4 is 16.5 Å². The molecule has 0 amide bonds. The number of hydroxylamine groups is 1. The fraction of sp³-hybridized carbons (Fsp3) is 0.933. The Bertz CT molecular complexity index is 371. The van der Waals surface area contributed by atoms with E-state index in [9.17, 15) is 9.90 Å². The third-order valence-electron chi connectivity index (χ3n) is 5.45. The van der Waals surface area contributed by atoms with Crippen LogP contribution in [0.2, 0.25) is 0 Å². The van der Waals surface area contributed by atoms with Crippen molar-refractivity contribution in [1.82, 2.24) is 10.8 Å². The van der Waals surface area contributed by atoms with Crippen LogP contribution in [0.4, 0.5) is 0 Å². The maximum absolute atomic E-state index is 11.2. The maximum atomic E-state index is 11.2. The molecule has 5 N–H and O–H groups in total. The van der Waals surface area contributed by atoms with E-state index in [0.717, 1.165) is 51.4 Å². The summed E-state index contributed by atoms with van der Waals surface area (Å²) in [5.41, 5.74) is 9.06. The normalized spacial score (nSPS) is 44.6. The van der Waals surface area contributed by atoms with Crippen molar-refractivity contribution < 1.29 is 14.7 Å². The number of rotatable bonds is 3. The summed E-state index contributed by atoms with van der Waals surface area (Å²) >= 11 is 0. The molecule has 3 fully saturated rings. The van der Waals surface area contributed by atoms with Gasteiger partial charge in [0.05, 0.1) is 12.1 Å². The molecule has 21 heavy (non-hydrogen) atoms. The molecule has 3 rings (SSSR count). The van der Waals surface area contributed by atoms with Crippen LogP contribution in [0.5, 0.6) is 0 Å². The molecule has 4 atom stereocenters. The van der Waals surface area contributed by atoms with Gasteiger partial charge in [-0.1, -0.05) is 6.42 Å². The molecule has 120 valence electrons. The van der Waals surface area contributed by atoms with Crippen LogP contribution in [0.3, 0.4) is 0 Å². The molecule has 1 aliphatic heterocycles. The molecule has 0 bridgehead atoms. The molecule has 0 aromatic rings. The van der Waals surface area contributed by atoms with Gasteiger partial charge in [0.25, 0.3) is 0 Å². The van der Waals surface area contributed by atoms with Gasteiger partial charge in [-0.05, 0) is 50.9 Å². The molecule has 0 radical (unpaired) electrons. The largest absolute Gasteiger partial charge is 0.481 e. The molecule has 1 heterocycles. The van der Waals surface area contributed by atoms with Crippen LogP contribution in [0.1, 0.15) is 51.4 Å². The topological polar surface area (TPSA) is 96.6 Å². The molecule has 6 heteroatoms. The van der Waals surface area contributed by atoms with E-state index in [4.69, 9.17) is 10.6 Å². The summed E-state index contributed by atoms with van der Waals surface area (Å²) in [6, 6.07) is 0.348. The SMILES string of the molecule is NC1CCC(C2NC(C3CCCC(C(=O)O)C3)NO2)CC1. The number of carboxylic acids is 1. The maximum Gasteiger partial charge on any atom is 0.306 e. The summed E-state index contributed by atoms with van der Waals surface area (Å²) in [5.74, 6) is 0.00683. The predicted molar refractivity (Wildman–Crippen MR) is 77.9 cm³/mol. The Balaban J connectivity index is 1.51. The van der Waals surface area contributed by atoms with E-state index in [1.165, 1.54) is 0 Å². The number of hydrogen-bond acceptors (Lipinski definition) is 5. The summed E-state index contributed by atoms with van der Waals surface area (Å²) < 4.78 is 0. The van der Waals surface area contributed by atoms with Crippen molar-refractivity contribution in [3.05, 3.63) is 0 Å². The lowest BCUT2D eigenvalue weighted by atomic mass is 9.79. The van der Waals surface area contributed by atoms with E-state index in [1.807, 2.05) is 0 Å². The summed E-state index contributed by atoms with van der Waals surface area (Å²) in [5, 5.41) is 12.7. The van der Waals surface area contributed by atoms with E-state index in [0.29, 0.717) is 17.9 Å². The molecule has 4 unspecified atom stereocenters. The first-order valence-corrected chi connectivity index (χ1v) is 8.29. The molecular formula is C15H27N3O3. The zero-order valence-corrected chi connectivity index (χ0v) is 12.5. The molecule has 2 aliphatic carbocycles. The molecule has 0 spiro atoms. The van der Waals surface area contributed by atoms with Crippen LogP contribution in [0.15, 0.2) is 0 Å². The van der Waals surface area contributed by atoms with Crippen molar-refractivity contribution in [2.75, 3.05) is 0 Å². The Morgan fingerprint density at radius 3 is 2.57 bits per heavy atom. The number of nitrogens with one attached hydrogen (secondary N) is 2. The van der Waals surface area contributed by atoms with Crippen molar-refractivity contribution >= 4 is 5.97 Å². The average Bonchev–Trinajstić information content (AvgIpc) is 2.98. The monoisotopic (exact) mass is 297 g/mol. The quantitative estimate of drug-likeness (QED) is 0.624. The number of hydrogen-bond donors (Lipinski definition) is 4. The molecular weight excluding hydrogens is 270 g/mol. The second kappa shape index (κ2) is 6.60. The predicted octanol–water partition coefficient (Wildman–Crippen LogP) is 1.17. The van der Waals surface area contributed by atoms with Crippen molar-refractivity contribution in [3.63, 3.8) is 0 Å². The van der Waals surface area contributed by atoms with Crippen LogP contribution in [0.25, 0.3) is 0 Å². The zero-order chi connectivity index (χ0) is 14.8. The van der Waals surface area contributed by atoms with E-state index in [2.05, 4.69) is 10.8 Å². The first-order chi connectivity index (χ1) is 10.1. The number of aliphatic carboxylic acids is 1. The van der Waals surface area contributed by atoms with Gasteiger partial charge in [-0.15, -0.1) is 0 Å². The van der Waals surface area contributed by atoms with E-state index >= 15 is 0 Å². The van der Waals surface area contributed by atoms with Crippen LogP contribution in [0, 0.1) is 17.8 Å². The lowest BCUT2D eigenvalue weighted by Gasteiger charge is -2.31. The minimum absolute atomic E-state index is 0.0488. The van der Waals surface area contributed by atoms with Crippen molar-refractivity contribution in [2.24, 2.45) is 23.5 Å². The van der Waals surface area contributed by atoms with Gasteiger partial charge in [0.15, 0.2) is 0 Å². The zero-order valence-electron chi connectivity index (χ0n) is 12.5. The van der Waals surface area contributed by atoms with E-state index in [1.54, 1.807) is 0 Å². The first-order valence-electron chi connectivity index (χ1n) is 8.29. The third-order valence-corrected chi connectivity index (χ3v) is 5.45. The Hall–Kier alpha value is -0.690. The standard InChI is InChI=1S/C15H27N3O3/c16-12-6-4-9(5-7-12)14-17-13(18-21-14)10-2-1-3-11(8-10)15(19)20/h9-14,17-18H,1-8,16H2,(H,19,20). The average molecular weight is 297 g/mol. The van der Waals surface area contributed by atoms with Crippen molar-refractivity contribution in [1.29, 1.82) is 0 Å². The van der Waals surface area contributed by atoms with Gasteiger partial charge in [-0.25, -0.2) is 0 Å². The summed E-state index contributed by atoms with van der Waals surface area (Å²) in [4.78, 5) is 16.9. The van der Waals surface area contributed by atoms with Crippen LogP contribution in [-0.4, -0.2) is 29.5 Å². The minimum atomic E-state index is -0.656. The third kappa shape index (κ3) is 3.56. The minimum Gasteiger partial charge on any atom is -0.481 e. The van der Waals surface area contributed by atoms with Gasteiger partial charge in [0, 0.05) is 12.0 Å². The first kappa shape index (κ1) is 15.2. The Labute approximate surface area is 125 Å². The highest BCUT2D eigenvalue weighted by Gasteiger charge is 2.39. The van der Waals surface area contributed by atoms with Crippen molar-refractivity contribution in [3.8, 4) is 0 Å². The summed E-state index contributed by atoms with van der Waals surface area (Å²) in [6.45, 7) is 0. The van der Waals surface area contributed by atoms with Crippen molar-refractivity contribution in [2.45, 2.75) is 69.8 Å². The smallest absolute Gasteiger partial charge is 0.306 e. The number of carboxylic acid groups (broad SMARTS) is 1. The molecule has 6 nitrogen and oxygen atoms in total. The fourth-order valence-corrected chi connectivity index (χ4v) is 4.06. The Morgan fingerprint density at radius 2 is 1.86 bits per heavy atom.